The maximum absolute atomic E-state index is 14.6. The number of hydrogen-bond donors (Lipinski definition) is 2. The number of nitrogens with two attached hydrogens (primary N) is 1. The van der Waals surface area contributed by atoms with Crippen molar-refractivity contribution in [2.75, 3.05) is 17.7 Å². The van der Waals surface area contributed by atoms with Gasteiger partial charge < -0.3 is 15.8 Å². The number of aromatic nitrogens is 3. The molecule has 3 N–H and O–H groups in total. The van der Waals surface area contributed by atoms with Gasteiger partial charge in [0, 0.05) is 10.6 Å². The number of halogens is 2. The fourth-order valence-electron chi connectivity index (χ4n) is 3.45. The highest BCUT2D eigenvalue weighted by Gasteiger charge is 2.33. The first kappa shape index (κ1) is 17.6. The maximum atomic E-state index is 14.6. The van der Waals surface area contributed by atoms with Crippen LogP contribution in [0.2, 0.25) is 5.02 Å². The summed E-state index contributed by atoms with van der Waals surface area (Å²) in [5, 5.41) is 7.91. The molecule has 4 rings (SSSR count). The molecule has 0 saturated carbocycles. The Morgan fingerprint density at radius 1 is 1.30 bits per heavy atom. The molecule has 6 nitrogen and oxygen atoms in total. The molecule has 2 atom stereocenters. The van der Waals surface area contributed by atoms with E-state index in [0.29, 0.717) is 29.6 Å². The third kappa shape index (κ3) is 3.30. The predicted octanol–water partition coefficient (Wildman–Crippen LogP) is 4.20. The van der Waals surface area contributed by atoms with Crippen molar-refractivity contribution >= 4 is 23.5 Å². The summed E-state index contributed by atoms with van der Waals surface area (Å²) in [6, 6.07) is 11.9. The highest BCUT2D eigenvalue weighted by atomic mass is 35.5. The van der Waals surface area contributed by atoms with Crippen LogP contribution in [0.5, 0.6) is 5.75 Å². The predicted molar refractivity (Wildman–Crippen MR) is 103 cm³/mol. The number of nitrogen functional groups attached to an aromatic ring is 1. The largest absolute Gasteiger partial charge is 0.494 e. The fraction of sp³-hybridized carbons (Fsp3) is 0.263. The lowest BCUT2D eigenvalue weighted by Gasteiger charge is -2.32. The average Bonchev–Trinajstić information content (AvgIpc) is 3.02. The molecule has 1 aliphatic rings. The highest BCUT2D eigenvalue weighted by Crippen LogP contribution is 2.41. The molecule has 2 aromatic carbocycles. The molecule has 0 fully saturated rings. The summed E-state index contributed by atoms with van der Waals surface area (Å²) in [5.41, 5.74) is 7.21. The molecule has 3 aromatic rings. The van der Waals surface area contributed by atoms with Crippen molar-refractivity contribution in [2.24, 2.45) is 0 Å². The van der Waals surface area contributed by atoms with Crippen molar-refractivity contribution in [1.82, 2.24) is 14.8 Å². The van der Waals surface area contributed by atoms with E-state index in [2.05, 4.69) is 15.4 Å². The van der Waals surface area contributed by atoms with E-state index >= 15 is 0 Å². The Balaban J connectivity index is 1.73. The van der Waals surface area contributed by atoms with Crippen LogP contribution in [-0.4, -0.2) is 21.4 Å². The molecular weight excluding hydrogens is 369 g/mol. The van der Waals surface area contributed by atoms with E-state index in [1.54, 1.807) is 16.8 Å². The number of hydrogen-bond acceptors (Lipinski definition) is 5. The molecule has 0 radical (unpaired) electrons. The number of benzene rings is 2. The third-order valence-corrected chi connectivity index (χ3v) is 4.96. The molecule has 0 amide bonds. The number of nitrogens with one attached hydrogen (secondary N) is 1. The van der Waals surface area contributed by atoms with Gasteiger partial charge in [-0.25, -0.2) is 9.07 Å². The van der Waals surface area contributed by atoms with Gasteiger partial charge in [-0.1, -0.05) is 29.8 Å². The summed E-state index contributed by atoms with van der Waals surface area (Å²) in [6.45, 7) is 2.55. The molecule has 0 saturated heterocycles. The topological polar surface area (TPSA) is 78.0 Å². The lowest BCUT2D eigenvalue weighted by molar-refractivity contribution is 0.340. The summed E-state index contributed by atoms with van der Waals surface area (Å²) >= 11 is 6.32. The van der Waals surface area contributed by atoms with Crippen LogP contribution in [-0.2, 0) is 0 Å². The molecular formula is C19H19ClFN5O. The van der Waals surface area contributed by atoms with Crippen molar-refractivity contribution in [3.05, 3.63) is 64.4 Å². The van der Waals surface area contributed by atoms with Gasteiger partial charge in [0.05, 0.1) is 18.7 Å². The zero-order chi connectivity index (χ0) is 19.0. The van der Waals surface area contributed by atoms with E-state index in [0.717, 1.165) is 11.3 Å². The average molecular weight is 388 g/mol. The SMILES string of the molecule is CCOc1ccc([C@@H]2C[C@@H](c3c(F)cccc3Cl)n3nc(N)nc3N2)cc1. The molecule has 0 unspecified atom stereocenters. The van der Waals surface area contributed by atoms with Gasteiger partial charge in [-0.15, -0.1) is 5.10 Å². The first-order valence-electron chi connectivity index (χ1n) is 8.72. The summed E-state index contributed by atoms with van der Waals surface area (Å²) in [4.78, 5) is 4.24. The summed E-state index contributed by atoms with van der Waals surface area (Å²) in [5.74, 6) is 1.04. The van der Waals surface area contributed by atoms with Gasteiger partial charge in [-0.2, -0.15) is 4.98 Å². The lowest BCUT2D eigenvalue weighted by atomic mass is 9.93. The fourth-order valence-corrected chi connectivity index (χ4v) is 3.73. The van der Waals surface area contributed by atoms with Gasteiger partial charge in [0.2, 0.25) is 11.9 Å². The van der Waals surface area contributed by atoms with E-state index in [9.17, 15) is 4.39 Å². The molecule has 140 valence electrons. The molecule has 1 aromatic heterocycles. The molecule has 2 heterocycles. The Kier molecular flexibility index (Phi) is 4.61. The van der Waals surface area contributed by atoms with E-state index < -0.39 is 6.04 Å². The van der Waals surface area contributed by atoms with Gasteiger partial charge in [0.25, 0.3) is 0 Å². The smallest absolute Gasteiger partial charge is 0.241 e. The Morgan fingerprint density at radius 2 is 2.07 bits per heavy atom. The number of ether oxygens (including phenoxy) is 1. The van der Waals surface area contributed by atoms with Crippen LogP contribution in [0, 0.1) is 5.82 Å². The Hall–Kier alpha value is -2.80. The first-order valence-corrected chi connectivity index (χ1v) is 9.10. The second-order valence-electron chi connectivity index (χ2n) is 6.32. The quantitative estimate of drug-likeness (QED) is 0.701. The number of rotatable bonds is 4. The first-order chi connectivity index (χ1) is 13.1. The van der Waals surface area contributed by atoms with Gasteiger partial charge in [0.1, 0.15) is 11.6 Å². The summed E-state index contributed by atoms with van der Waals surface area (Å²) < 4.78 is 21.7. The molecule has 0 bridgehead atoms. The van der Waals surface area contributed by atoms with Crippen LogP contribution in [0.4, 0.5) is 16.3 Å². The van der Waals surface area contributed by atoms with Crippen molar-refractivity contribution < 1.29 is 9.13 Å². The van der Waals surface area contributed by atoms with Crippen molar-refractivity contribution in [3.63, 3.8) is 0 Å². The van der Waals surface area contributed by atoms with Crippen LogP contribution < -0.4 is 15.8 Å². The van der Waals surface area contributed by atoms with Crippen molar-refractivity contribution in [3.8, 4) is 5.75 Å². The molecule has 1 aliphatic heterocycles. The van der Waals surface area contributed by atoms with Gasteiger partial charge in [0.15, 0.2) is 0 Å². The van der Waals surface area contributed by atoms with Crippen LogP contribution in [0.15, 0.2) is 42.5 Å². The zero-order valence-corrected chi connectivity index (χ0v) is 15.4. The standard InChI is InChI=1S/C19H19ClFN5O/c1-2-27-12-8-6-11(7-9-12)15-10-16(17-13(20)4-3-5-14(17)21)26-19(23-15)24-18(22)25-26/h3-9,15-16H,2,10H2,1H3,(H3,22,23,24,25)/t15-,16-/m0/s1. The zero-order valence-electron chi connectivity index (χ0n) is 14.7. The molecule has 27 heavy (non-hydrogen) atoms. The van der Waals surface area contributed by atoms with Crippen LogP contribution in [0.25, 0.3) is 0 Å². The number of fused-ring (bicyclic) bond motifs is 1. The molecule has 8 heteroatoms. The van der Waals surface area contributed by atoms with Crippen molar-refractivity contribution in [2.45, 2.75) is 25.4 Å². The number of nitrogens with zero attached hydrogens (tertiary/aromatic N) is 3. The van der Waals surface area contributed by atoms with Crippen LogP contribution in [0.3, 0.4) is 0 Å². The van der Waals surface area contributed by atoms with Gasteiger partial charge in [-0.05, 0) is 43.2 Å². The van der Waals surface area contributed by atoms with E-state index in [-0.39, 0.29) is 17.8 Å². The van der Waals surface area contributed by atoms with E-state index in [1.165, 1.54) is 6.07 Å². The second-order valence-corrected chi connectivity index (χ2v) is 6.73. The van der Waals surface area contributed by atoms with Crippen LogP contribution >= 0.6 is 11.6 Å². The molecule has 0 aliphatic carbocycles. The highest BCUT2D eigenvalue weighted by molar-refractivity contribution is 6.31. The normalized spacial score (nSPS) is 18.6. The number of anilines is 2. The Bertz CT molecular complexity index is 939. The minimum atomic E-state index is -0.420. The van der Waals surface area contributed by atoms with Crippen LogP contribution in [0.1, 0.15) is 36.6 Å². The van der Waals surface area contributed by atoms with Gasteiger partial charge >= 0.3 is 0 Å². The Morgan fingerprint density at radius 3 is 2.78 bits per heavy atom. The minimum absolute atomic E-state index is 0.0996. The monoisotopic (exact) mass is 387 g/mol. The third-order valence-electron chi connectivity index (χ3n) is 4.63. The van der Waals surface area contributed by atoms with Gasteiger partial charge in [-0.3, -0.25) is 0 Å². The minimum Gasteiger partial charge on any atom is -0.494 e. The lowest BCUT2D eigenvalue weighted by Crippen LogP contribution is -2.28. The second kappa shape index (κ2) is 7.08. The Labute approximate surface area is 161 Å². The maximum Gasteiger partial charge on any atom is 0.241 e. The van der Waals surface area contributed by atoms with E-state index in [4.69, 9.17) is 22.1 Å². The molecule has 0 spiro atoms. The summed E-state index contributed by atoms with van der Waals surface area (Å²) in [7, 11) is 0. The van der Waals surface area contributed by atoms with Crippen molar-refractivity contribution in [1.29, 1.82) is 0 Å². The van der Waals surface area contributed by atoms with E-state index in [1.807, 2.05) is 31.2 Å². The summed E-state index contributed by atoms with van der Waals surface area (Å²) in [6.07, 6.45) is 0.546.